The van der Waals surface area contributed by atoms with Crippen LogP contribution in [0.2, 0.25) is 0 Å². The number of hydrogen-bond donors (Lipinski definition) is 1. The predicted octanol–water partition coefficient (Wildman–Crippen LogP) is 5.84. The van der Waals surface area contributed by atoms with E-state index in [1.807, 2.05) is 0 Å². The van der Waals surface area contributed by atoms with Gasteiger partial charge in [-0.3, -0.25) is 9.80 Å². The van der Waals surface area contributed by atoms with Crippen molar-refractivity contribution in [2.24, 2.45) is 5.92 Å². The largest absolute Gasteiger partial charge is 0.386 e. The van der Waals surface area contributed by atoms with Gasteiger partial charge in [-0.15, -0.1) is 0 Å². The highest BCUT2D eigenvalue weighted by atomic mass is 16.5. The van der Waals surface area contributed by atoms with Crippen molar-refractivity contribution in [1.29, 1.82) is 0 Å². The molecule has 1 N–H and O–H groups in total. The molecule has 0 spiro atoms. The van der Waals surface area contributed by atoms with E-state index >= 15 is 0 Å². The predicted molar refractivity (Wildman–Crippen MR) is 137 cm³/mol. The summed E-state index contributed by atoms with van der Waals surface area (Å²) in [6.45, 7) is 7.07. The molecule has 5 aliphatic heterocycles. The van der Waals surface area contributed by atoms with Crippen molar-refractivity contribution in [1.82, 2.24) is 9.80 Å². The van der Waals surface area contributed by atoms with Crippen LogP contribution in [0.15, 0.2) is 0 Å². The Bertz CT molecular complexity index is 647. The lowest BCUT2D eigenvalue weighted by Gasteiger charge is -2.54. The van der Waals surface area contributed by atoms with Gasteiger partial charge in [0.25, 0.3) is 0 Å². The summed E-state index contributed by atoms with van der Waals surface area (Å²) >= 11 is 0. The van der Waals surface area contributed by atoms with Crippen LogP contribution in [0, 0.1) is 5.92 Å². The van der Waals surface area contributed by atoms with Gasteiger partial charge in [0.1, 0.15) is 17.6 Å². The van der Waals surface area contributed by atoms with Gasteiger partial charge in [0.15, 0.2) is 0 Å². The SMILES string of the molecule is C[C@@]12O[C@H]3CCCCCC[C@]4(O)CCCN5CC[C@H](CCCCCC[C@@H]1CCCN2CC3)O[C@@H]54. The molecule has 196 valence electrons. The summed E-state index contributed by atoms with van der Waals surface area (Å²) in [6.07, 6.45) is 22.5. The quantitative estimate of drug-likeness (QED) is 0.476. The number of nitrogens with zero attached hydrogens (tertiary/aromatic N) is 2. The number of hydrogen-bond acceptors (Lipinski definition) is 5. The molecule has 5 fully saturated rings. The van der Waals surface area contributed by atoms with Gasteiger partial charge in [-0.25, -0.2) is 0 Å². The minimum absolute atomic E-state index is 0.0247. The van der Waals surface area contributed by atoms with Gasteiger partial charge in [0.05, 0.1) is 12.2 Å². The lowest BCUT2D eigenvalue weighted by Crippen LogP contribution is -2.61. The van der Waals surface area contributed by atoms with E-state index < -0.39 is 5.60 Å². The third-order valence-corrected chi connectivity index (χ3v) is 10.1. The second-order valence-electron chi connectivity index (χ2n) is 12.5. The summed E-state index contributed by atoms with van der Waals surface area (Å²) in [5.74, 6) is 0.700. The lowest BCUT2D eigenvalue weighted by molar-refractivity contribution is -0.253. The summed E-state index contributed by atoms with van der Waals surface area (Å²) in [4.78, 5) is 5.12. The molecule has 0 aromatic rings. The van der Waals surface area contributed by atoms with Crippen LogP contribution in [0.4, 0.5) is 0 Å². The van der Waals surface area contributed by atoms with E-state index in [1.54, 1.807) is 0 Å². The highest BCUT2D eigenvalue weighted by molar-refractivity contribution is 4.95. The molecule has 0 aliphatic carbocycles. The Kier molecular flexibility index (Phi) is 8.58. The maximum atomic E-state index is 11.6. The Morgan fingerprint density at radius 2 is 1.32 bits per heavy atom. The topological polar surface area (TPSA) is 45.2 Å². The molecule has 0 unspecified atom stereocenters. The third-order valence-electron chi connectivity index (χ3n) is 10.1. The number of rotatable bonds is 0. The van der Waals surface area contributed by atoms with E-state index in [-0.39, 0.29) is 12.0 Å². The van der Waals surface area contributed by atoms with Crippen molar-refractivity contribution in [2.75, 3.05) is 26.2 Å². The Morgan fingerprint density at radius 1 is 0.647 bits per heavy atom. The molecular formula is C29H52N2O3. The molecule has 5 rings (SSSR count). The summed E-state index contributed by atoms with van der Waals surface area (Å²) in [5, 5.41) is 11.6. The molecule has 6 atom stereocenters. The average Bonchev–Trinajstić information content (AvgIpc) is 2.83. The van der Waals surface area contributed by atoms with Crippen LogP contribution >= 0.6 is 0 Å². The Balaban J connectivity index is 1.21. The van der Waals surface area contributed by atoms with E-state index in [9.17, 15) is 5.11 Å². The molecule has 5 nitrogen and oxygen atoms in total. The van der Waals surface area contributed by atoms with Gasteiger partial charge < -0.3 is 14.6 Å². The second kappa shape index (κ2) is 11.5. The van der Waals surface area contributed by atoms with Crippen LogP contribution < -0.4 is 0 Å². The molecule has 5 heteroatoms. The zero-order valence-corrected chi connectivity index (χ0v) is 22.0. The van der Waals surface area contributed by atoms with Crippen molar-refractivity contribution in [3.05, 3.63) is 0 Å². The van der Waals surface area contributed by atoms with Crippen LogP contribution in [0.1, 0.15) is 122 Å². The molecule has 5 heterocycles. The minimum Gasteiger partial charge on any atom is -0.386 e. The van der Waals surface area contributed by atoms with Crippen LogP contribution in [0.5, 0.6) is 0 Å². The van der Waals surface area contributed by atoms with E-state index in [4.69, 9.17) is 9.47 Å². The fourth-order valence-corrected chi connectivity index (χ4v) is 8.00. The van der Waals surface area contributed by atoms with Gasteiger partial charge >= 0.3 is 0 Å². The molecule has 34 heavy (non-hydrogen) atoms. The highest BCUT2D eigenvalue weighted by Crippen LogP contribution is 2.42. The number of aliphatic hydroxyl groups is 1. The minimum atomic E-state index is -0.641. The Labute approximate surface area is 208 Å². The van der Waals surface area contributed by atoms with E-state index in [0.29, 0.717) is 18.1 Å². The summed E-state index contributed by atoms with van der Waals surface area (Å²) in [6, 6.07) is 0. The second-order valence-corrected chi connectivity index (χ2v) is 12.5. The fraction of sp³-hybridized carbons (Fsp3) is 1.00. The fourth-order valence-electron chi connectivity index (χ4n) is 8.00. The first-order valence-electron chi connectivity index (χ1n) is 15.1. The van der Waals surface area contributed by atoms with Crippen LogP contribution in [0.25, 0.3) is 0 Å². The van der Waals surface area contributed by atoms with Gasteiger partial charge in [-0.05, 0) is 71.1 Å². The molecule has 0 aromatic carbocycles. The smallest absolute Gasteiger partial charge is 0.140 e. The van der Waals surface area contributed by atoms with Crippen LogP contribution in [0.3, 0.4) is 0 Å². The molecule has 0 radical (unpaired) electrons. The van der Waals surface area contributed by atoms with Crippen molar-refractivity contribution in [3.63, 3.8) is 0 Å². The number of ether oxygens (including phenoxy) is 2. The van der Waals surface area contributed by atoms with Crippen LogP contribution in [-0.2, 0) is 9.47 Å². The number of fused-ring (bicyclic) bond motifs is 2. The molecule has 0 amide bonds. The Hall–Kier alpha value is -0.200. The number of piperidine rings is 2. The first kappa shape index (κ1) is 25.4. The zero-order chi connectivity index (χ0) is 23.4. The zero-order valence-electron chi connectivity index (χ0n) is 22.0. The standard InChI is InChI=1S/C29H52N2O3/c1-28-24-12-6-2-3-7-14-25-16-22-30-20-11-19-29(32,27(30)33-25)18-9-5-4-8-15-26(34-28)17-23-31(28)21-10-13-24/h24-27,32H,2-23H2,1H3/t24-,25+,26+,27-,28-,29+/m1/s1. The first-order valence-corrected chi connectivity index (χ1v) is 15.1. The summed E-state index contributed by atoms with van der Waals surface area (Å²) in [5.41, 5.74) is -0.665. The Morgan fingerprint density at radius 3 is 2.18 bits per heavy atom. The van der Waals surface area contributed by atoms with Crippen LogP contribution in [-0.4, -0.2) is 70.8 Å². The van der Waals surface area contributed by atoms with Crippen molar-refractivity contribution in [2.45, 2.75) is 152 Å². The van der Waals surface area contributed by atoms with E-state index in [2.05, 4.69) is 16.7 Å². The molecular weight excluding hydrogens is 424 g/mol. The third kappa shape index (κ3) is 5.69. The van der Waals surface area contributed by atoms with Gasteiger partial charge in [-0.2, -0.15) is 0 Å². The maximum Gasteiger partial charge on any atom is 0.140 e. The molecule has 4 bridgehead atoms. The van der Waals surface area contributed by atoms with Crippen molar-refractivity contribution in [3.8, 4) is 0 Å². The van der Waals surface area contributed by atoms with Gasteiger partial charge in [0, 0.05) is 32.1 Å². The normalized spacial score (nSPS) is 44.3. The highest BCUT2D eigenvalue weighted by Gasteiger charge is 2.48. The molecule has 5 aliphatic rings. The molecule has 0 saturated carbocycles. The summed E-state index contributed by atoms with van der Waals surface area (Å²) < 4.78 is 13.5. The van der Waals surface area contributed by atoms with Gasteiger partial charge in [0.2, 0.25) is 0 Å². The lowest BCUT2D eigenvalue weighted by atomic mass is 9.81. The maximum absolute atomic E-state index is 11.6. The average molecular weight is 477 g/mol. The molecule has 5 saturated heterocycles. The monoisotopic (exact) mass is 476 g/mol. The van der Waals surface area contributed by atoms with Gasteiger partial charge in [-0.1, -0.05) is 51.4 Å². The summed E-state index contributed by atoms with van der Waals surface area (Å²) in [7, 11) is 0. The van der Waals surface area contributed by atoms with Crippen molar-refractivity contribution >= 4 is 0 Å². The van der Waals surface area contributed by atoms with E-state index in [0.717, 1.165) is 45.2 Å². The van der Waals surface area contributed by atoms with Crippen molar-refractivity contribution < 1.29 is 14.6 Å². The first-order chi connectivity index (χ1) is 16.6. The van der Waals surface area contributed by atoms with E-state index in [1.165, 1.54) is 96.6 Å². The molecule has 0 aromatic heterocycles.